The van der Waals surface area contributed by atoms with Crippen molar-refractivity contribution in [2.45, 2.75) is 44.3 Å². The molecule has 0 amide bonds. The van der Waals surface area contributed by atoms with Crippen molar-refractivity contribution in [1.82, 2.24) is 0 Å². The van der Waals surface area contributed by atoms with E-state index in [0.29, 0.717) is 12.5 Å². The fraction of sp³-hybridized carbons (Fsp3) is 1.00. The Bertz CT molecular complexity index is 172. The van der Waals surface area contributed by atoms with E-state index in [1.54, 1.807) is 0 Å². The Morgan fingerprint density at radius 3 is 2.29 bits per heavy atom. The molecule has 2 aliphatic rings. The fourth-order valence-electron chi connectivity index (χ4n) is 2.80. The molecule has 3 nitrogen and oxygen atoms in total. The monoisotopic (exact) mass is 199 g/mol. The quantitative estimate of drug-likeness (QED) is 0.751. The summed E-state index contributed by atoms with van der Waals surface area (Å²) in [6, 6.07) is 0. The first-order chi connectivity index (χ1) is 6.87. The van der Waals surface area contributed by atoms with E-state index in [9.17, 15) is 0 Å². The van der Waals surface area contributed by atoms with Gasteiger partial charge in [-0.2, -0.15) is 0 Å². The summed E-state index contributed by atoms with van der Waals surface area (Å²) in [5, 5.41) is 0. The van der Waals surface area contributed by atoms with Gasteiger partial charge in [0, 0.05) is 12.3 Å². The SMILES string of the molecule is NCCC1(C2CCCCC2)OCCO1. The molecule has 1 heterocycles. The first-order valence-corrected chi connectivity index (χ1v) is 5.85. The van der Waals surface area contributed by atoms with Crippen LogP contribution >= 0.6 is 0 Å². The van der Waals surface area contributed by atoms with Crippen LogP contribution in [0.15, 0.2) is 0 Å². The predicted octanol–water partition coefficient (Wildman–Crippen LogP) is 1.66. The summed E-state index contributed by atoms with van der Waals surface area (Å²) in [6.07, 6.45) is 7.38. The second kappa shape index (κ2) is 4.60. The van der Waals surface area contributed by atoms with E-state index in [0.717, 1.165) is 19.6 Å². The van der Waals surface area contributed by atoms with Gasteiger partial charge in [0.25, 0.3) is 0 Å². The molecule has 3 heteroatoms. The smallest absolute Gasteiger partial charge is 0.172 e. The molecule has 1 saturated carbocycles. The normalized spacial score (nSPS) is 28.1. The van der Waals surface area contributed by atoms with Gasteiger partial charge in [0.15, 0.2) is 5.79 Å². The Kier molecular flexibility index (Phi) is 3.42. The highest BCUT2D eigenvalue weighted by Gasteiger charge is 2.43. The zero-order chi connectivity index (χ0) is 9.86. The minimum Gasteiger partial charge on any atom is -0.347 e. The molecule has 0 radical (unpaired) electrons. The summed E-state index contributed by atoms with van der Waals surface area (Å²) < 4.78 is 11.6. The van der Waals surface area contributed by atoms with Gasteiger partial charge in [0.05, 0.1) is 13.2 Å². The van der Waals surface area contributed by atoms with Gasteiger partial charge in [0.2, 0.25) is 0 Å². The second-order valence-electron chi connectivity index (χ2n) is 4.38. The predicted molar refractivity (Wildman–Crippen MR) is 54.9 cm³/mol. The van der Waals surface area contributed by atoms with Gasteiger partial charge in [-0.15, -0.1) is 0 Å². The number of rotatable bonds is 3. The van der Waals surface area contributed by atoms with Gasteiger partial charge in [0.1, 0.15) is 0 Å². The van der Waals surface area contributed by atoms with Crippen molar-refractivity contribution in [2.75, 3.05) is 19.8 Å². The maximum Gasteiger partial charge on any atom is 0.172 e. The van der Waals surface area contributed by atoms with Crippen LogP contribution in [0, 0.1) is 5.92 Å². The maximum absolute atomic E-state index is 5.82. The molecule has 0 aromatic rings. The molecule has 2 fully saturated rings. The molecule has 0 spiro atoms. The van der Waals surface area contributed by atoms with E-state index in [-0.39, 0.29) is 5.79 Å². The van der Waals surface area contributed by atoms with Crippen LogP contribution in [0.25, 0.3) is 0 Å². The summed E-state index contributed by atoms with van der Waals surface area (Å²) >= 11 is 0. The van der Waals surface area contributed by atoms with E-state index in [1.165, 1.54) is 32.1 Å². The summed E-state index contributed by atoms with van der Waals surface area (Å²) in [4.78, 5) is 0. The number of hydrogen-bond acceptors (Lipinski definition) is 3. The van der Waals surface area contributed by atoms with Crippen molar-refractivity contribution in [3.05, 3.63) is 0 Å². The molecule has 1 aliphatic heterocycles. The van der Waals surface area contributed by atoms with Crippen LogP contribution < -0.4 is 5.73 Å². The van der Waals surface area contributed by atoms with Gasteiger partial charge in [-0.05, 0) is 19.4 Å². The van der Waals surface area contributed by atoms with Crippen molar-refractivity contribution >= 4 is 0 Å². The first kappa shape index (κ1) is 10.4. The van der Waals surface area contributed by atoms with Crippen molar-refractivity contribution in [3.63, 3.8) is 0 Å². The third kappa shape index (κ3) is 1.95. The highest BCUT2D eigenvalue weighted by Crippen LogP contribution is 2.40. The van der Waals surface area contributed by atoms with E-state index in [4.69, 9.17) is 15.2 Å². The minimum atomic E-state index is -0.310. The molecule has 0 aromatic carbocycles. The lowest BCUT2D eigenvalue weighted by Gasteiger charge is -2.37. The van der Waals surface area contributed by atoms with Crippen LogP contribution in [0.5, 0.6) is 0 Å². The van der Waals surface area contributed by atoms with Crippen molar-refractivity contribution < 1.29 is 9.47 Å². The van der Waals surface area contributed by atoms with Crippen LogP contribution in [-0.2, 0) is 9.47 Å². The number of hydrogen-bond donors (Lipinski definition) is 1. The van der Waals surface area contributed by atoms with Crippen molar-refractivity contribution in [3.8, 4) is 0 Å². The Morgan fingerprint density at radius 1 is 1.07 bits per heavy atom. The lowest BCUT2D eigenvalue weighted by Crippen LogP contribution is -2.42. The maximum atomic E-state index is 5.82. The molecular weight excluding hydrogens is 178 g/mol. The van der Waals surface area contributed by atoms with E-state index in [1.807, 2.05) is 0 Å². The van der Waals surface area contributed by atoms with Gasteiger partial charge in [-0.1, -0.05) is 19.3 Å². The molecule has 0 bridgehead atoms. The van der Waals surface area contributed by atoms with E-state index in [2.05, 4.69) is 0 Å². The Morgan fingerprint density at radius 2 is 1.71 bits per heavy atom. The van der Waals surface area contributed by atoms with E-state index >= 15 is 0 Å². The van der Waals surface area contributed by atoms with Gasteiger partial charge < -0.3 is 15.2 Å². The molecule has 0 unspecified atom stereocenters. The fourth-order valence-corrected chi connectivity index (χ4v) is 2.80. The van der Waals surface area contributed by atoms with Crippen LogP contribution in [0.2, 0.25) is 0 Å². The zero-order valence-corrected chi connectivity index (χ0v) is 8.84. The zero-order valence-electron chi connectivity index (χ0n) is 8.84. The van der Waals surface area contributed by atoms with Crippen molar-refractivity contribution in [2.24, 2.45) is 11.7 Å². The van der Waals surface area contributed by atoms with Crippen LogP contribution in [-0.4, -0.2) is 25.5 Å². The summed E-state index contributed by atoms with van der Waals surface area (Å²) in [5.41, 5.74) is 5.64. The summed E-state index contributed by atoms with van der Waals surface area (Å²) in [5.74, 6) is 0.275. The van der Waals surface area contributed by atoms with Gasteiger partial charge >= 0.3 is 0 Å². The molecule has 1 aliphatic carbocycles. The van der Waals surface area contributed by atoms with E-state index < -0.39 is 0 Å². The standard InChI is InChI=1S/C11H21NO2/c12-7-6-11(13-8-9-14-11)10-4-2-1-3-5-10/h10H,1-9,12H2. The molecule has 14 heavy (non-hydrogen) atoms. The average Bonchev–Trinajstić information content (AvgIpc) is 2.70. The average molecular weight is 199 g/mol. The topological polar surface area (TPSA) is 44.5 Å². The van der Waals surface area contributed by atoms with Crippen LogP contribution in [0.4, 0.5) is 0 Å². The first-order valence-electron chi connectivity index (χ1n) is 5.85. The molecule has 82 valence electrons. The lowest BCUT2D eigenvalue weighted by molar-refractivity contribution is -0.204. The molecule has 0 aromatic heterocycles. The largest absolute Gasteiger partial charge is 0.347 e. The molecule has 2 rings (SSSR count). The molecule has 1 saturated heterocycles. The van der Waals surface area contributed by atoms with Crippen molar-refractivity contribution in [1.29, 1.82) is 0 Å². The minimum absolute atomic E-state index is 0.310. The second-order valence-corrected chi connectivity index (χ2v) is 4.38. The Hall–Kier alpha value is -0.120. The Labute approximate surface area is 85.9 Å². The van der Waals surface area contributed by atoms with Gasteiger partial charge in [-0.25, -0.2) is 0 Å². The molecule has 0 atom stereocenters. The Balaban J connectivity index is 2.00. The third-order valence-corrected chi connectivity index (χ3v) is 3.50. The number of ether oxygens (including phenoxy) is 2. The van der Waals surface area contributed by atoms with Gasteiger partial charge in [-0.3, -0.25) is 0 Å². The highest BCUT2D eigenvalue weighted by molar-refractivity contribution is 4.85. The lowest BCUT2D eigenvalue weighted by atomic mass is 9.81. The molecular formula is C11H21NO2. The highest BCUT2D eigenvalue weighted by atomic mass is 16.7. The molecule has 2 N–H and O–H groups in total. The number of nitrogens with two attached hydrogens (primary N) is 1. The summed E-state index contributed by atoms with van der Waals surface area (Å²) in [6.45, 7) is 2.16. The van der Waals surface area contributed by atoms with Crippen LogP contribution in [0.3, 0.4) is 0 Å². The van der Waals surface area contributed by atoms with Crippen LogP contribution in [0.1, 0.15) is 38.5 Å². The third-order valence-electron chi connectivity index (χ3n) is 3.50. The summed E-state index contributed by atoms with van der Waals surface area (Å²) in [7, 11) is 0.